The van der Waals surface area contributed by atoms with E-state index in [4.69, 9.17) is 4.74 Å². The Morgan fingerprint density at radius 1 is 1.11 bits per heavy atom. The molecule has 1 N–H and O–H groups in total. The van der Waals surface area contributed by atoms with E-state index in [1.807, 2.05) is 56.3 Å². The summed E-state index contributed by atoms with van der Waals surface area (Å²) < 4.78 is 4.49. The summed E-state index contributed by atoms with van der Waals surface area (Å²) in [7, 11) is 1.59. The minimum absolute atomic E-state index is 0.0698. The standard InChI is InChI=1S/C36H44BrN3O5S/c1-6-17-38(21-24-11-9-8-10-12-24)33(42)29-30-34(43)40(26(22-41)19-23(3)4)32(36(30)20-28(37)31(29)46-36)35(44)39(18-7-2)25-13-15-27(45-5)16-14-25/h6-16,23,26,28-32,41H,1-2,17-22H2,3-5H3/t26-,28?,29-,30+,31-,32?,36?/m1/s1. The molecular weight excluding hydrogens is 666 g/mol. The van der Waals surface area contributed by atoms with Gasteiger partial charge in [0.1, 0.15) is 11.8 Å². The summed E-state index contributed by atoms with van der Waals surface area (Å²) in [6, 6.07) is 15.6. The lowest BCUT2D eigenvalue weighted by molar-refractivity contribution is -0.145. The number of fused-ring (bicyclic) bond motifs is 1. The average Bonchev–Trinajstić information content (AvgIpc) is 3.65. The van der Waals surface area contributed by atoms with Gasteiger partial charge in [-0.05, 0) is 48.6 Å². The first-order valence-corrected chi connectivity index (χ1v) is 17.7. The highest BCUT2D eigenvalue weighted by Crippen LogP contribution is 2.68. The van der Waals surface area contributed by atoms with Crippen LogP contribution in [0.3, 0.4) is 0 Å². The fourth-order valence-electron chi connectivity index (χ4n) is 7.61. The van der Waals surface area contributed by atoms with Crippen molar-refractivity contribution in [3.63, 3.8) is 0 Å². The second-order valence-corrected chi connectivity index (χ2v) is 15.5. The Balaban J connectivity index is 1.59. The molecule has 8 nitrogen and oxygen atoms in total. The van der Waals surface area contributed by atoms with Gasteiger partial charge in [-0.15, -0.1) is 24.9 Å². The van der Waals surface area contributed by atoms with Crippen LogP contribution >= 0.6 is 27.7 Å². The maximum atomic E-state index is 15.0. The molecule has 0 radical (unpaired) electrons. The SMILES string of the molecule is C=CCN(Cc1ccccc1)C(=O)[C@H]1[C@@H]2SC3(CC2Br)C(C(=O)N(CC=C)c2ccc(OC)cc2)N([C@@H](CO)CC(C)C)C(=O)[C@H]13. The number of ether oxygens (including phenoxy) is 1. The molecule has 246 valence electrons. The second-order valence-electron chi connectivity index (χ2n) is 12.8. The van der Waals surface area contributed by atoms with E-state index >= 15 is 0 Å². The van der Waals surface area contributed by atoms with Crippen LogP contribution in [-0.2, 0) is 20.9 Å². The second kappa shape index (κ2) is 14.4. The third-order valence-corrected chi connectivity index (χ3v) is 12.7. The van der Waals surface area contributed by atoms with Gasteiger partial charge in [-0.3, -0.25) is 14.4 Å². The molecule has 0 aliphatic carbocycles. The van der Waals surface area contributed by atoms with Crippen LogP contribution in [0.4, 0.5) is 5.69 Å². The zero-order valence-electron chi connectivity index (χ0n) is 26.8. The number of aliphatic hydroxyl groups excluding tert-OH is 1. The molecule has 3 saturated heterocycles. The largest absolute Gasteiger partial charge is 0.497 e. The number of amides is 3. The quantitative estimate of drug-likeness (QED) is 0.212. The summed E-state index contributed by atoms with van der Waals surface area (Å²) in [5, 5.41) is 10.5. The highest BCUT2D eigenvalue weighted by molar-refractivity contribution is 9.09. The van der Waals surface area contributed by atoms with Crippen LogP contribution in [0.15, 0.2) is 79.9 Å². The first kappa shape index (κ1) is 34.3. The lowest BCUT2D eigenvalue weighted by Gasteiger charge is -2.40. The van der Waals surface area contributed by atoms with Crippen molar-refractivity contribution in [3.05, 3.63) is 85.5 Å². The van der Waals surface area contributed by atoms with E-state index in [2.05, 4.69) is 29.1 Å². The summed E-state index contributed by atoms with van der Waals surface area (Å²) in [6.07, 6.45) is 4.47. The maximum absolute atomic E-state index is 15.0. The van der Waals surface area contributed by atoms with Crippen molar-refractivity contribution in [2.75, 3.05) is 31.7 Å². The first-order chi connectivity index (χ1) is 22.1. The number of benzene rings is 2. The fraction of sp³-hybridized carbons (Fsp3) is 0.472. The van der Waals surface area contributed by atoms with Crippen LogP contribution in [0.5, 0.6) is 5.75 Å². The lowest BCUT2D eigenvalue weighted by atomic mass is 9.70. The summed E-state index contributed by atoms with van der Waals surface area (Å²) in [5.41, 5.74) is 1.64. The molecule has 2 aromatic carbocycles. The van der Waals surface area contributed by atoms with Crippen molar-refractivity contribution in [2.45, 2.75) is 60.1 Å². The maximum Gasteiger partial charge on any atom is 0.251 e. The molecular formula is C36H44BrN3O5S. The van der Waals surface area contributed by atoms with Gasteiger partial charge in [0.05, 0.1) is 36.3 Å². The third-order valence-electron chi connectivity index (χ3n) is 9.43. The lowest BCUT2D eigenvalue weighted by Crippen LogP contribution is -2.58. The number of halogens is 1. The zero-order valence-corrected chi connectivity index (χ0v) is 29.2. The van der Waals surface area contributed by atoms with Gasteiger partial charge in [0, 0.05) is 35.4 Å². The highest BCUT2D eigenvalue weighted by atomic mass is 79.9. The monoisotopic (exact) mass is 709 g/mol. The van der Waals surface area contributed by atoms with E-state index in [9.17, 15) is 19.5 Å². The first-order valence-electron chi connectivity index (χ1n) is 15.9. The normalized spacial score (nSPS) is 27.0. The van der Waals surface area contributed by atoms with Crippen molar-refractivity contribution in [1.82, 2.24) is 9.80 Å². The van der Waals surface area contributed by atoms with E-state index in [1.54, 1.807) is 57.9 Å². The number of thioether (sulfide) groups is 1. The van der Waals surface area contributed by atoms with Crippen molar-refractivity contribution in [2.24, 2.45) is 17.8 Å². The van der Waals surface area contributed by atoms with Crippen LogP contribution in [0.1, 0.15) is 32.3 Å². The van der Waals surface area contributed by atoms with Gasteiger partial charge in [-0.25, -0.2) is 0 Å². The smallest absolute Gasteiger partial charge is 0.251 e. The molecule has 46 heavy (non-hydrogen) atoms. The molecule has 3 amide bonds. The van der Waals surface area contributed by atoms with Gasteiger partial charge in [-0.2, -0.15) is 0 Å². The van der Waals surface area contributed by atoms with E-state index in [0.717, 1.165) is 5.56 Å². The molecule has 3 unspecified atom stereocenters. The Labute approximate surface area is 285 Å². The zero-order chi connectivity index (χ0) is 33.2. The van der Waals surface area contributed by atoms with Gasteiger partial charge >= 0.3 is 0 Å². The summed E-state index contributed by atoms with van der Waals surface area (Å²) in [4.78, 5) is 49.4. The Morgan fingerprint density at radius 2 is 1.78 bits per heavy atom. The van der Waals surface area contributed by atoms with Gasteiger partial charge < -0.3 is 24.5 Å². The van der Waals surface area contributed by atoms with Gasteiger partial charge in [-0.1, -0.05) is 72.3 Å². The number of carbonyl (C=O) groups excluding carboxylic acids is 3. The number of hydrogen-bond donors (Lipinski definition) is 1. The van der Waals surface area contributed by atoms with Crippen molar-refractivity contribution in [1.29, 1.82) is 0 Å². The van der Waals surface area contributed by atoms with Crippen LogP contribution in [0, 0.1) is 17.8 Å². The number of anilines is 1. The number of hydrogen-bond acceptors (Lipinski definition) is 6. The molecule has 2 bridgehead atoms. The topological polar surface area (TPSA) is 90.4 Å². The van der Waals surface area contributed by atoms with E-state index < -0.39 is 28.7 Å². The van der Waals surface area contributed by atoms with Crippen molar-refractivity contribution in [3.8, 4) is 5.75 Å². The number of rotatable bonds is 14. The van der Waals surface area contributed by atoms with Gasteiger partial charge in [0.2, 0.25) is 11.8 Å². The Kier molecular flexibility index (Phi) is 10.7. The molecule has 2 aromatic rings. The molecule has 10 heteroatoms. The van der Waals surface area contributed by atoms with Crippen LogP contribution in [-0.4, -0.2) is 86.3 Å². The average molecular weight is 711 g/mol. The molecule has 5 rings (SSSR count). The molecule has 3 aliphatic rings. The van der Waals surface area contributed by atoms with Crippen LogP contribution in [0.25, 0.3) is 0 Å². The number of carbonyl (C=O) groups is 3. The van der Waals surface area contributed by atoms with Gasteiger partial charge in [0.15, 0.2) is 0 Å². The number of nitrogens with zero attached hydrogens (tertiary/aromatic N) is 3. The molecule has 1 spiro atoms. The minimum Gasteiger partial charge on any atom is -0.497 e. The third kappa shape index (κ3) is 6.16. The van der Waals surface area contributed by atoms with Crippen molar-refractivity contribution < 1.29 is 24.2 Å². The number of aliphatic hydroxyl groups is 1. The number of alkyl halides is 1. The van der Waals surface area contributed by atoms with Crippen LogP contribution < -0.4 is 9.64 Å². The Morgan fingerprint density at radius 3 is 2.37 bits per heavy atom. The minimum atomic E-state index is -0.877. The molecule has 3 fully saturated rings. The van der Waals surface area contributed by atoms with E-state index in [-0.39, 0.29) is 46.9 Å². The van der Waals surface area contributed by atoms with E-state index in [0.29, 0.717) is 37.4 Å². The molecule has 0 aromatic heterocycles. The predicted molar refractivity (Wildman–Crippen MR) is 187 cm³/mol. The fourth-order valence-corrected chi connectivity index (χ4v) is 11.2. The molecule has 3 aliphatic heterocycles. The highest BCUT2D eigenvalue weighted by Gasteiger charge is 2.76. The van der Waals surface area contributed by atoms with Crippen LogP contribution in [0.2, 0.25) is 0 Å². The molecule has 0 saturated carbocycles. The number of likely N-dealkylation sites (tertiary alicyclic amines) is 1. The van der Waals surface area contributed by atoms with Crippen molar-refractivity contribution >= 4 is 51.1 Å². The van der Waals surface area contributed by atoms with Gasteiger partial charge in [0.25, 0.3) is 5.91 Å². The predicted octanol–water partition coefficient (Wildman–Crippen LogP) is 5.30. The summed E-state index contributed by atoms with van der Waals surface area (Å²) in [6.45, 7) is 12.6. The van der Waals surface area contributed by atoms with E-state index in [1.165, 1.54) is 0 Å². The summed E-state index contributed by atoms with van der Waals surface area (Å²) in [5.74, 6) is -1.08. The number of methoxy groups -OCH3 is 1. The molecule has 3 heterocycles. The Bertz CT molecular complexity index is 1440. The molecule has 7 atom stereocenters. The summed E-state index contributed by atoms with van der Waals surface area (Å²) >= 11 is 5.49. The Hall–Kier alpha value is -3.08.